The summed E-state index contributed by atoms with van der Waals surface area (Å²) in [4.78, 5) is 22.8. The Morgan fingerprint density at radius 1 is 1.05 bits per heavy atom. The van der Waals surface area contributed by atoms with Crippen LogP contribution in [-0.4, -0.2) is 36.2 Å². The largest absolute Gasteiger partial charge is 0.481 e. The zero-order chi connectivity index (χ0) is 14.4. The first-order chi connectivity index (χ1) is 9.66. The first kappa shape index (κ1) is 15.3. The standard InChI is InChI=1S/C15H25NO4/c17-14(11-6-7-12(10-11)15(18)19)16-8-9-20-13-4-2-1-3-5-13/h11-13H,1-10H2,(H,16,17)(H,18,19). The molecule has 2 aliphatic carbocycles. The van der Waals surface area contributed by atoms with Gasteiger partial charge in [0.2, 0.25) is 5.91 Å². The van der Waals surface area contributed by atoms with Gasteiger partial charge in [-0.15, -0.1) is 0 Å². The van der Waals surface area contributed by atoms with Gasteiger partial charge in [0.1, 0.15) is 0 Å². The van der Waals surface area contributed by atoms with Gasteiger partial charge < -0.3 is 15.2 Å². The van der Waals surface area contributed by atoms with Gasteiger partial charge in [0.05, 0.1) is 18.6 Å². The monoisotopic (exact) mass is 283 g/mol. The van der Waals surface area contributed by atoms with Crippen LogP contribution in [0.2, 0.25) is 0 Å². The predicted molar refractivity (Wildman–Crippen MR) is 74.3 cm³/mol. The topological polar surface area (TPSA) is 75.6 Å². The van der Waals surface area contributed by atoms with Gasteiger partial charge in [0.15, 0.2) is 0 Å². The van der Waals surface area contributed by atoms with Crippen LogP contribution >= 0.6 is 0 Å². The number of amides is 1. The maximum absolute atomic E-state index is 11.9. The quantitative estimate of drug-likeness (QED) is 0.731. The fourth-order valence-corrected chi connectivity index (χ4v) is 3.22. The lowest BCUT2D eigenvalue weighted by Gasteiger charge is -2.22. The molecule has 0 aromatic carbocycles. The third-order valence-corrected chi connectivity index (χ3v) is 4.46. The van der Waals surface area contributed by atoms with Crippen molar-refractivity contribution in [2.75, 3.05) is 13.2 Å². The highest BCUT2D eigenvalue weighted by molar-refractivity contribution is 5.80. The summed E-state index contributed by atoms with van der Waals surface area (Å²) in [7, 11) is 0. The van der Waals surface area contributed by atoms with Crippen LogP contribution in [0.15, 0.2) is 0 Å². The number of carboxylic acid groups (broad SMARTS) is 1. The van der Waals surface area contributed by atoms with E-state index in [4.69, 9.17) is 9.84 Å². The van der Waals surface area contributed by atoms with E-state index in [1.54, 1.807) is 0 Å². The van der Waals surface area contributed by atoms with E-state index < -0.39 is 5.97 Å². The highest BCUT2D eigenvalue weighted by Gasteiger charge is 2.33. The van der Waals surface area contributed by atoms with Crippen molar-refractivity contribution in [1.29, 1.82) is 0 Å². The van der Waals surface area contributed by atoms with Gasteiger partial charge >= 0.3 is 5.97 Å². The SMILES string of the molecule is O=C(O)C1CCC(C(=O)NCCOC2CCCCC2)C1. The molecule has 114 valence electrons. The Kier molecular flexibility index (Phi) is 5.83. The molecular formula is C15H25NO4. The van der Waals surface area contributed by atoms with E-state index in [9.17, 15) is 9.59 Å². The number of hydrogen-bond acceptors (Lipinski definition) is 3. The Hall–Kier alpha value is -1.10. The van der Waals surface area contributed by atoms with E-state index >= 15 is 0 Å². The van der Waals surface area contributed by atoms with Gasteiger partial charge in [-0.05, 0) is 32.1 Å². The molecule has 2 atom stereocenters. The molecule has 5 heteroatoms. The molecule has 2 saturated carbocycles. The highest BCUT2D eigenvalue weighted by Crippen LogP contribution is 2.31. The Balaban J connectivity index is 1.57. The summed E-state index contributed by atoms with van der Waals surface area (Å²) in [6.45, 7) is 1.09. The van der Waals surface area contributed by atoms with Crippen LogP contribution in [0.25, 0.3) is 0 Å². The summed E-state index contributed by atoms with van der Waals surface area (Å²) in [5, 5.41) is 11.8. The van der Waals surface area contributed by atoms with E-state index in [0.29, 0.717) is 38.5 Å². The number of carbonyl (C=O) groups excluding carboxylic acids is 1. The summed E-state index contributed by atoms with van der Waals surface area (Å²) in [6, 6.07) is 0. The summed E-state index contributed by atoms with van der Waals surface area (Å²) >= 11 is 0. The van der Waals surface area contributed by atoms with Gasteiger partial charge in [0, 0.05) is 12.5 Å². The molecule has 2 aliphatic rings. The Bertz CT molecular complexity index is 339. The first-order valence-electron chi connectivity index (χ1n) is 7.79. The van der Waals surface area contributed by atoms with Crippen molar-refractivity contribution in [2.45, 2.75) is 57.5 Å². The number of hydrogen-bond donors (Lipinski definition) is 2. The molecular weight excluding hydrogens is 258 g/mol. The lowest BCUT2D eigenvalue weighted by atomic mass is 9.98. The van der Waals surface area contributed by atoms with E-state index in [2.05, 4.69) is 5.32 Å². The van der Waals surface area contributed by atoms with Crippen LogP contribution in [-0.2, 0) is 14.3 Å². The van der Waals surface area contributed by atoms with Gasteiger partial charge in [-0.25, -0.2) is 0 Å². The number of rotatable bonds is 6. The Labute approximate surface area is 120 Å². The fourth-order valence-electron chi connectivity index (χ4n) is 3.22. The molecule has 0 heterocycles. The normalized spacial score (nSPS) is 27.4. The average molecular weight is 283 g/mol. The average Bonchev–Trinajstić information content (AvgIpc) is 2.94. The minimum atomic E-state index is -0.777. The summed E-state index contributed by atoms with van der Waals surface area (Å²) in [6.07, 6.45) is 8.22. The van der Waals surface area contributed by atoms with E-state index in [0.717, 1.165) is 12.8 Å². The van der Waals surface area contributed by atoms with Crippen molar-refractivity contribution in [1.82, 2.24) is 5.32 Å². The zero-order valence-electron chi connectivity index (χ0n) is 12.0. The highest BCUT2D eigenvalue weighted by atomic mass is 16.5. The molecule has 20 heavy (non-hydrogen) atoms. The molecule has 5 nitrogen and oxygen atoms in total. The second-order valence-electron chi connectivity index (χ2n) is 5.97. The van der Waals surface area contributed by atoms with Crippen molar-refractivity contribution in [3.05, 3.63) is 0 Å². The molecule has 2 fully saturated rings. The minimum Gasteiger partial charge on any atom is -0.481 e. The van der Waals surface area contributed by atoms with Crippen molar-refractivity contribution in [2.24, 2.45) is 11.8 Å². The summed E-state index contributed by atoms with van der Waals surface area (Å²) in [5.41, 5.74) is 0. The minimum absolute atomic E-state index is 0.0130. The third-order valence-electron chi connectivity index (χ3n) is 4.46. The van der Waals surface area contributed by atoms with Gasteiger partial charge in [0.25, 0.3) is 0 Å². The van der Waals surface area contributed by atoms with E-state index in [-0.39, 0.29) is 17.7 Å². The molecule has 0 aromatic rings. The number of carboxylic acids is 1. The van der Waals surface area contributed by atoms with Gasteiger partial charge in [-0.2, -0.15) is 0 Å². The second kappa shape index (κ2) is 7.62. The Morgan fingerprint density at radius 3 is 2.40 bits per heavy atom. The van der Waals surface area contributed by atoms with Gasteiger partial charge in [-0.3, -0.25) is 9.59 Å². The maximum atomic E-state index is 11.9. The van der Waals surface area contributed by atoms with Crippen LogP contribution in [0.3, 0.4) is 0 Å². The van der Waals surface area contributed by atoms with E-state index in [1.807, 2.05) is 0 Å². The van der Waals surface area contributed by atoms with Crippen LogP contribution in [0.5, 0.6) is 0 Å². The number of carbonyl (C=O) groups is 2. The van der Waals surface area contributed by atoms with Crippen molar-refractivity contribution >= 4 is 11.9 Å². The first-order valence-corrected chi connectivity index (χ1v) is 7.79. The second-order valence-corrected chi connectivity index (χ2v) is 5.97. The fraction of sp³-hybridized carbons (Fsp3) is 0.867. The predicted octanol–water partition coefficient (Wildman–Crippen LogP) is 1.95. The molecule has 2 unspecified atom stereocenters. The lowest BCUT2D eigenvalue weighted by Crippen LogP contribution is -2.33. The molecule has 0 saturated heterocycles. The molecule has 0 aromatic heterocycles. The Morgan fingerprint density at radius 2 is 1.75 bits per heavy atom. The molecule has 2 rings (SSSR count). The molecule has 0 spiro atoms. The molecule has 0 radical (unpaired) electrons. The zero-order valence-corrected chi connectivity index (χ0v) is 12.0. The van der Waals surface area contributed by atoms with Crippen molar-refractivity contribution in [3.8, 4) is 0 Å². The van der Waals surface area contributed by atoms with Crippen LogP contribution in [0.1, 0.15) is 51.4 Å². The number of nitrogens with one attached hydrogen (secondary N) is 1. The smallest absolute Gasteiger partial charge is 0.306 e. The van der Waals surface area contributed by atoms with E-state index in [1.165, 1.54) is 19.3 Å². The molecule has 1 amide bonds. The third kappa shape index (κ3) is 4.47. The molecule has 0 bridgehead atoms. The summed E-state index contributed by atoms with van der Waals surface area (Å²) < 4.78 is 5.75. The van der Waals surface area contributed by atoms with Crippen LogP contribution < -0.4 is 5.32 Å². The number of ether oxygens (including phenoxy) is 1. The molecule has 2 N–H and O–H groups in total. The summed E-state index contributed by atoms with van der Waals surface area (Å²) in [5.74, 6) is -1.27. The van der Waals surface area contributed by atoms with Crippen LogP contribution in [0.4, 0.5) is 0 Å². The number of aliphatic carboxylic acids is 1. The lowest BCUT2D eigenvalue weighted by molar-refractivity contribution is -0.141. The van der Waals surface area contributed by atoms with Crippen molar-refractivity contribution in [3.63, 3.8) is 0 Å². The van der Waals surface area contributed by atoms with Gasteiger partial charge in [-0.1, -0.05) is 19.3 Å². The van der Waals surface area contributed by atoms with Crippen molar-refractivity contribution < 1.29 is 19.4 Å². The van der Waals surface area contributed by atoms with Crippen LogP contribution in [0, 0.1) is 11.8 Å². The maximum Gasteiger partial charge on any atom is 0.306 e. The molecule has 0 aliphatic heterocycles.